The van der Waals surface area contributed by atoms with Crippen molar-refractivity contribution in [3.63, 3.8) is 0 Å². The summed E-state index contributed by atoms with van der Waals surface area (Å²) in [5.74, 6) is 5.79. The minimum Gasteiger partial charge on any atom is -0.397 e. The summed E-state index contributed by atoms with van der Waals surface area (Å²) in [4.78, 5) is 1.98. The van der Waals surface area contributed by atoms with E-state index in [0.29, 0.717) is 43.0 Å². The Morgan fingerprint density at radius 3 is 2.77 bits per heavy atom. The number of rotatable bonds is 11. The minimum absolute atomic E-state index is 0.00331. The maximum atomic E-state index is 14.6. The molecule has 3 unspecified atom stereocenters. The van der Waals surface area contributed by atoms with Crippen LogP contribution in [0.25, 0.3) is 21.6 Å². The summed E-state index contributed by atoms with van der Waals surface area (Å²) in [7, 11) is 0. The van der Waals surface area contributed by atoms with E-state index in [-0.39, 0.29) is 11.6 Å². The molecule has 0 aliphatic carbocycles. The zero-order chi connectivity index (χ0) is 27.9. The van der Waals surface area contributed by atoms with E-state index in [4.69, 9.17) is 27.3 Å². The standard InChI is InChI=1S/C29H35FN6O2S/c1-2-35-10-3-4-21(32)14-22-15-23(18-5-6-20(16-31)24(30)12-18)29(39-22)19-7-8-26(25(33)13-19)36(34)27-17-38-11-9-28(27)37/h2,5-8,12-13,15,21,27-28,35,37H,1,3-4,9-11,14,17,32-34H2. The van der Waals surface area contributed by atoms with Gasteiger partial charge in [0.25, 0.3) is 0 Å². The van der Waals surface area contributed by atoms with Crippen molar-refractivity contribution in [2.45, 2.75) is 43.9 Å². The van der Waals surface area contributed by atoms with Crippen molar-refractivity contribution in [3.8, 4) is 27.6 Å². The number of nitriles is 1. The van der Waals surface area contributed by atoms with Gasteiger partial charge in [-0.05, 0) is 73.3 Å². The maximum Gasteiger partial charge on any atom is 0.141 e. The lowest BCUT2D eigenvalue weighted by atomic mass is 9.99. The van der Waals surface area contributed by atoms with Crippen LogP contribution in [0.4, 0.5) is 15.8 Å². The Kier molecular flexibility index (Phi) is 9.56. The highest BCUT2D eigenvalue weighted by atomic mass is 32.1. The van der Waals surface area contributed by atoms with Crippen LogP contribution in [0.3, 0.4) is 0 Å². The number of aliphatic hydroxyl groups is 1. The lowest BCUT2D eigenvalue weighted by Gasteiger charge is -2.36. The molecule has 1 aliphatic heterocycles. The molecule has 8 nitrogen and oxygen atoms in total. The van der Waals surface area contributed by atoms with Crippen molar-refractivity contribution in [1.82, 2.24) is 5.32 Å². The number of ether oxygens (including phenoxy) is 1. The molecule has 1 fully saturated rings. The quantitative estimate of drug-likeness (QED) is 0.105. The summed E-state index contributed by atoms with van der Waals surface area (Å²) in [6, 6.07) is 13.7. The first kappa shape index (κ1) is 28.5. The number of halogens is 1. The summed E-state index contributed by atoms with van der Waals surface area (Å²) in [6.07, 6.45) is 4.01. The zero-order valence-electron chi connectivity index (χ0n) is 21.8. The molecule has 2 aromatic carbocycles. The van der Waals surface area contributed by atoms with E-state index in [2.05, 4.69) is 11.9 Å². The molecular formula is C29H35FN6O2S. The second-order valence-electron chi connectivity index (χ2n) is 9.71. The van der Waals surface area contributed by atoms with Gasteiger partial charge in [-0.1, -0.05) is 18.7 Å². The highest BCUT2D eigenvalue weighted by molar-refractivity contribution is 7.16. The third kappa shape index (κ3) is 6.76. The van der Waals surface area contributed by atoms with Gasteiger partial charge in [0.15, 0.2) is 0 Å². The fourth-order valence-corrected chi connectivity index (χ4v) is 6.03. The molecule has 3 atom stereocenters. The molecule has 206 valence electrons. The third-order valence-electron chi connectivity index (χ3n) is 6.90. The summed E-state index contributed by atoms with van der Waals surface area (Å²) in [5.41, 5.74) is 16.3. The molecule has 0 amide bonds. The molecule has 4 rings (SSSR count). The topological polar surface area (TPSA) is 147 Å². The molecule has 39 heavy (non-hydrogen) atoms. The Bertz CT molecular complexity index is 1340. The summed E-state index contributed by atoms with van der Waals surface area (Å²) in [6.45, 7) is 5.28. The summed E-state index contributed by atoms with van der Waals surface area (Å²) < 4.78 is 20.1. The number of thiophene rings is 1. The highest BCUT2D eigenvalue weighted by Crippen LogP contribution is 2.42. The molecule has 0 saturated carbocycles. The van der Waals surface area contributed by atoms with Crippen LogP contribution in [0.15, 0.2) is 55.2 Å². The Morgan fingerprint density at radius 1 is 1.28 bits per heavy atom. The molecule has 8 N–H and O–H groups in total. The van der Waals surface area contributed by atoms with E-state index in [9.17, 15) is 9.50 Å². The SMILES string of the molecule is C=CNCCCC(N)Cc1cc(-c2ccc(C#N)c(F)c2)c(-c2ccc(N(N)C3COCCC3O)c(N)c2)s1. The number of anilines is 2. The Balaban J connectivity index is 1.66. The van der Waals surface area contributed by atoms with Gasteiger partial charge in [-0.25, -0.2) is 10.2 Å². The van der Waals surface area contributed by atoms with E-state index < -0.39 is 18.0 Å². The van der Waals surface area contributed by atoms with E-state index >= 15 is 0 Å². The molecule has 0 bridgehead atoms. The van der Waals surface area contributed by atoms with Gasteiger partial charge in [0, 0.05) is 34.5 Å². The fourth-order valence-electron chi connectivity index (χ4n) is 4.76. The molecule has 3 aromatic rings. The van der Waals surface area contributed by atoms with Crippen LogP contribution in [0.5, 0.6) is 0 Å². The highest BCUT2D eigenvalue weighted by Gasteiger charge is 2.29. The van der Waals surface area contributed by atoms with Crippen molar-refractivity contribution in [2.24, 2.45) is 11.6 Å². The van der Waals surface area contributed by atoms with E-state index in [0.717, 1.165) is 40.3 Å². The number of nitrogen functional groups attached to an aromatic ring is 1. The number of hydrazine groups is 1. The second kappa shape index (κ2) is 13.1. The molecule has 0 radical (unpaired) electrons. The van der Waals surface area contributed by atoms with Gasteiger partial charge < -0.3 is 31.6 Å². The molecule has 0 spiro atoms. The van der Waals surface area contributed by atoms with Crippen molar-refractivity contribution in [1.29, 1.82) is 5.26 Å². The average molecular weight is 551 g/mol. The Morgan fingerprint density at radius 2 is 2.08 bits per heavy atom. The first-order valence-corrected chi connectivity index (χ1v) is 13.8. The first-order valence-electron chi connectivity index (χ1n) is 12.9. The van der Waals surface area contributed by atoms with Crippen LogP contribution in [0.2, 0.25) is 0 Å². The van der Waals surface area contributed by atoms with Crippen LogP contribution >= 0.6 is 11.3 Å². The van der Waals surface area contributed by atoms with Crippen molar-refractivity contribution >= 4 is 22.7 Å². The monoisotopic (exact) mass is 550 g/mol. The Hall–Kier alpha value is -3.46. The lowest BCUT2D eigenvalue weighted by Crippen LogP contribution is -2.53. The molecular weight excluding hydrogens is 515 g/mol. The largest absolute Gasteiger partial charge is 0.397 e. The normalized spacial score (nSPS) is 17.8. The maximum absolute atomic E-state index is 14.6. The second-order valence-corrected chi connectivity index (χ2v) is 10.8. The number of nitrogens with zero attached hydrogens (tertiary/aromatic N) is 2. The van der Waals surface area contributed by atoms with E-state index in [1.165, 1.54) is 17.1 Å². The van der Waals surface area contributed by atoms with Crippen LogP contribution in [-0.2, 0) is 11.2 Å². The molecule has 1 aromatic heterocycles. The van der Waals surface area contributed by atoms with Gasteiger partial charge in [-0.3, -0.25) is 0 Å². The average Bonchev–Trinajstić information content (AvgIpc) is 3.34. The first-order chi connectivity index (χ1) is 18.8. The Labute approximate surface area is 232 Å². The number of aliphatic hydroxyl groups excluding tert-OH is 1. The lowest BCUT2D eigenvalue weighted by molar-refractivity contribution is -0.00595. The van der Waals surface area contributed by atoms with Gasteiger partial charge >= 0.3 is 0 Å². The molecule has 10 heteroatoms. The van der Waals surface area contributed by atoms with Crippen molar-refractivity contribution in [3.05, 3.63) is 71.5 Å². The van der Waals surface area contributed by atoms with Crippen LogP contribution < -0.4 is 27.6 Å². The van der Waals surface area contributed by atoms with Gasteiger partial charge in [0.2, 0.25) is 0 Å². The van der Waals surface area contributed by atoms with Crippen LogP contribution in [-0.4, -0.2) is 43.1 Å². The molecule has 1 aliphatic rings. The van der Waals surface area contributed by atoms with E-state index in [1.54, 1.807) is 23.6 Å². The van der Waals surface area contributed by atoms with Gasteiger partial charge in [-0.2, -0.15) is 5.26 Å². The number of hydrogen-bond acceptors (Lipinski definition) is 9. The van der Waals surface area contributed by atoms with Crippen LogP contribution in [0.1, 0.15) is 29.7 Å². The predicted octanol–water partition coefficient (Wildman–Crippen LogP) is 3.89. The molecule has 2 heterocycles. The van der Waals surface area contributed by atoms with Gasteiger partial charge in [0.1, 0.15) is 11.9 Å². The van der Waals surface area contributed by atoms with E-state index in [1.807, 2.05) is 30.3 Å². The zero-order valence-corrected chi connectivity index (χ0v) is 22.6. The number of nitrogens with one attached hydrogen (secondary N) is 1. The number of nitrogens with two attached hydrogens (primary N) is 3. The smallest absolute Gasteiger partial charge is 0.141 e. The molecule has 1 saturated heterocycles. The fraction of sp³-hybridized carbons (Fsp3) is 0.345. The van der Waals surface area contributed by atoms with Gasteiger partial charge in [-0.15, -0.1) is 11.3 Å². The third-order valence-corrected chi connectivity index (χ3v) is 8.11. The number of hydrogen-bond donors (Lipinski definition) is 5. The minimum atomic E-state index is -0.614. The van der Waals surface area contributed by atoms with Crippen molar-refractivity contribution in [2.75, 3.05) is 30.5 Å². The summed E-state index contributed by atoms with van der Waals surface area (Å²) >= 11 is 1.59. The predicted molar refractivity (Wildman–Crippen MR) is 155 cm³/mol. The number of benzene rings is 2. The van der Waals surface area contributed by atoms with Crippen LogP contribution in [0, 0.1) is 17.1 Å². The van der Waals surface area contributed by atoms with Crippen molar-refractivity contribution < 1.29 is 14.2 Å². The summed E-state index contributed by atoms with van der Waals surface area (Å²) in [5, 5.41) is 24.1. The van der Waals surface area contributed by atoms with Gasteiger partial charge in [0.05, 0.1) is 35.7 Å².